The SMILES string of the molecule is Cc1cccc(Nc2nc(C)nc3c2c(C)c(C)n3-c2ccccc2)c1. The molecule has 0 radical (unpaired) electrons. The second kappa shape index (κ2) is 6.30. The van der Waals surface area contributed by atoms with Gasteiger partial charge in [-0.15, -0.1) is 0 Å². The summed E-state index contributed by atoms with van der Waals surface area (Å²) in [7, 11) is 0. The number of anilines is 2. The summed E-state index contributed by atoms with van der Waals surface area (Å²) < 4.78 is 2.21. The number of nitrogens with zero attached hydrogens (tertiary/aromatic N) is 3. The fourth-order valence-corrected chi connectivity index (χ4v) is 3.42. The number of para-hydroxylation sites is 1. The lowest BCUT2D eigenvalue weighted by Crippen LogP contribution is -2.02. The molecule has 0 saturated carbocycles. The predicted molar refractivity (Wildman–Crippen MR) is 108 cm³/mol. The molecule has 0 bridgehead atoms. The van der Waals surface area contributed by atoms with Crippen molar-refractivity contribution in [2.75, 3.05) is 5.32 Å². The molecule has 0 aliphatic carbocycles. The van der Waals surface area contributed by atoms with E-state index in [0.29, 0.717) is 0 Å². The molecule has 0 spiro atoms. The Bertz CT molecular complexity index is 1090. The van der Waals surface area contributed by atoms with Gasteiger partial charge in [0.05, 0.1) is 5.39 Å². The van der Waals surface area contributed by atoms with Gasteiger partial charge in [0.1, 0.15) is 11.6 Å². The van der Waals surface area contributed by atoms with Crippen molar-refractivity contribution in [1.29, 1.82) is 0 Å². The normalized spacial score (nSPS) is 11.1. The minimum absolute atomic E-state index is 0.752. The molecule has 0 aliphatic heterocycles. The lowest BCUT2D eigenvalue weighted by Gasteiger charge is -2.10. The number of aryl methyl sites for hydroxylation is 3. The van der Waals surface area contributed by atoms with Crippen LogP contribution < -0.4 is 5.32 Å². The standard InChI is InChI=1S/C22H22N4/c1-14-9-8-10-18(13-14)25-21-20-15(2)16(3)26(19-11-6-5-7-12-19)22(20)24-17(4)23-21/h5-13H,1-4H3,(H,23,24,25). The Morgan fingerprint density at radius 1 is 0.846 bits per heavy atom. The molecule has 1 N–H and O–H groups in total. The van der Waals surface area contributed by atoms with Gasteiger partial charge in [-0.25, -0.2) is 9.97 Å². The average molecular weight is 342 g/mol. The van der Waals surface area contributed by atoms with Gasteiger partial charge in [-0.05, 0) is 63.1 Å². The molecule has 2 aromatic carbocycles. The molecule has 2 aromatic heterocycles. The zero-order valence-electron chi connectivity index (χ0n) is 15.5. The molecule has 4 aromatic rings. The third-order valence-corrected chi connectivity index (χ3v) is 4.76. The first-order valence-electron chi connectivity index (χ1n) is 8.80. The first kappa shape index (κ1) is 16.3. The number of hydrogen-bond acceptors (Lipinski definition) is 3. The van der Waals surface area contributed by atoms with Crippen molar-refractivity contribution in [3.63, 3.8) is 0 Å². The summed E-state index contributed by atoms with van der Waals surface area (Å²) in [4.78, 5) is 9.47. The van der Waals surface area contributed by atoms with Crippen molar-refractivity contribution in [3.05, 3.63) is 77.2 Å². The third kappa shape index (κ3) is 2.73. The van der Waals surface area contributed by atoms with Crippen LogP contribution in [0.5, 0.6) is 0 Å². The summed E-state index contributed by atoms with van der Waals surface area (Å²) in [6.07, 6.45) is 0. The van der Waals surface area contributed by atoms with Crippen molar-refractivity contribution in [2.45, 2.75) is 27.7 Å². The summed E-state index contributed by atoms with van der Waals surface area (Å²) in [5, 5.41) is 4.56. The van der Waals surface area contributed by atoms with E-state index in [1.807, 2.05) is 13.0 Å². The van der Waals surface area contributed by atoms with E-state index in [9.17, 15) is 0 Å². The van der Waals surface area contributed by atoms with Crippen molar-refractivity contribution in [3.8, 4) is 5.69 Å². The molecule has 4 nitrogen and oxygen atoms in total. The van der Waals surface area contributed by atoms with Crippen molar-refractivity contribution >= 4 is 22.5 Å². The van der Waals surface area contributed by atoms with E-state index in [1.54, 1.807) is 0 Å². The fourth-order valence-electron chi connectivity index (χ4n) is 3.42. The van der Waals surface area contributed by atoms with Gasteiger partial charge in [-0.2, -0.15) is 0 Å². The molecular formula is C22H22N4. The summed E-state index contributed by atoms with van der Waals surface area (Å²) >= 11 is 0. The van der Waals surface area contributed by atoms with Crippen LogP contribution in [0.2, 0.25) is 0 Å². The van der Waals surface area contributed by atoms with Crippen LogP contribution in [0.25, 0.3) is 16.7 Å². The molecule has 26 heavy (non-hydrogen) atoms. The summed E-state index contributed by atoms with van der Waals surface area (Å²) in [5.41, 5.74) is 6.68. The van der Waals surface area contributed by atoms with Gasteiger partial charge in [0, 0.05) is 17.1 Å². The minimum Gasteiger partial charge on any atom is -0.340 e. The topological polar surface area (TPSA) is 42.7 Å². The van der Waals surface area contributed by atoms with Crippen LogP contribution in [-0.2, 0) is 0 Å². The molecule has 0 saturated heterocycles. The highest BCUT2D eigenvalue weighted by Crippen LogP contribution is 2.33. The monoisotopic (exact) mass is 342 g/mol. The predicted octanol–water partition coefficient (Wildman–Crippen LogP) is 5.40. The highest BCUT2D eigenvalue weighted by molar-refractivity contribution is 5.94. The molecule has 2 heterocycles. The van der Waals surface area contributed by atoms with Gasteiger partial charge < -0.3 is 5.32 Å². The summed E-state index contributed by atoms with van der Waals surface area (Å²) in [5.74, 6) is 1.61. The quantitative estimate of drug-likeness (QED) is 0.542. The van der Waals surface area contributed by atoms with E-state index in [-0.39, 0.29) is 0 Å². The zero-order chi connectivity index (χ0) is 18.3. The van der Waals surface area contributed by atoms with Gasteiger partial charge >= 0.3 is 0 Å². The van der Waals surface area contributed by atoms with Crippen LogP contribution in [0.4, 0.5) is 11.5 Å². The first-order chi connectivity index (χ1) is 12.5. The minimum atomic E-state index is 0.752. The number of aromatic nitrogens is 3. The molecule has 4 rings (SSSR count). The highest BCUT2D eigenvalue weighted by Gasteiger charge is 2.18. The van der Waals surface area contributed by atoms with Gasteiger partial charge in [0.2, 0.25) is 0 Å². The summed E-state index contributed by atoms with van der Waals surface area (Å²) in [6.45, 7) is 8.30. The Hall–Kier alpha value is -3.14. The maximum absolute atomic E-state index is 4.77. The van der Waals surface area contributed by atoms with E-state index in [1.165, 1.54) is 16.8 Å². The van der Waals surface area contributed by atoms with E-state index in [0.717, 1.165) is 34.1 Å². The molecule has 0 amide bonds. The number of benzene rings is 2. The van der Waals surface area contributed by atoms with Crippen LogP contribution in [0.15, 0.2) is 54.6 Å². The van der Waals surface area contributed by atoms with Crippen LogP contribution in [-0.4, -0.2) is 14.5 Å². The zero-order valence-corrected chi connectivity index (χ0v) is 15.5. The fraction of sp³-hybridized carbons (Fsp3) is 0.182. The first-order valence-corrected chi connectivity index (χ1v) is 8.80. The van der Waals surface area contributed by atoms with Crippen LogP contribution >= 0.6 is 0 Å². The van der Waals surface area contributed by atoms with Crippen LogP contribution in [0, 0.1) is 27.7 Å². The molecule has 0 aliphatic rings. The molecule has 4 heteroatoms. The van der Waals surface area contributed by atoms with Crippen molar-refractivity contribution in [1.82, 2.24) is 14.5 Å². The Labute approximate surface area is 153 Å². The Balaban J connectivity index is 1.95. The third-order valence-electron chi connectivity index (χ3n) is 4.76. The van der Waals surface area contributed by atoms with Crippen LogP contribution in [0.3, 0.4) is 0 Å². The van der Waals surface area contributed by atoms with Gasteiger partial charge in [-0.1, -0.05) is 30.3 Å². The molecule has 0 unspecified atom stereocenters. The average Bonchev–Trinajstić information content (AvgIpc) is 2.86. The number of nitrogens with one attached hydrogen (secondary N) is 1. The Kier molecular flexibility index (Phi) is 3.96. The molecule has 0 fully saturated rings. The van der Waals surface area contributed by atoms with Gasteiger partial charge in [0.25, 0.3) is 0 Å². The van der Waals surface area contributed by atoms with Gasteiger partial charge in [0.15, 0.2) is 5.65 Å². The second-order valence-electron chi connectivity index (χ2n) is 6.69. The number of rotatable bonds is 3. The molecule has 0 atom stereocenters. The maximum atomic E-state index is 4.77. The van der Waals surface area contributed by atoms with E-state index < -0.39 is 0 Å². The van der Waals surface area contributed by atoms with Crippen LogP contribution in [0.1, 0.15) is 22.6 Å². The second-order valence-corrected chi connectivity index (χ2v) is 6.69. The van der Waals surface area contributed by atoms with Gasteiger partial charge in [-0.3, -0.25) is 4.57 Å². The lowest BCUT2D eigenvalue weighted by molar-refractivity contribution is 0.995. The number of fused-ring (bicyclic) bond motifs is 1. The van der Waals surface area contributed by atoms with E-state index >= 15 is 0 Å². The van der Waals surface area contributed by atoms with E-state index in [2.05, 4.69) is 79.2 Å². The lowest BCUT2D eigenvalue weighted by atomic mass is 10.2. The molecular weight excluding hydrogens is 320 g/mol. The smallest absolute Gasteiger partial charge is 0.150 e. The van der Waals surface area contributed by atoms with Crippen molar-refractivity contribution < 1.29 is 0 Å². The number of hydrogen-bond donors (Lipinski definition) is 1. The Morgan fingerprint density at radius 2 is 1.62 bits per heavy atom. The largest absolute Gasteiger partial charge is 0.340 e. The van der Waals surface area contributed by atoms with Crippen molar-refractivity contribution in [2.24, 2.45) is 0 Å². The Morgan fingerprint density at radius 3 is 2.35 bits per heavy atom. The highest BCUT2D eigenvalue weighted by atomic mass is 15.1. The van der Waals surface area contributed by atoms with E-state index in [4.69, 9.17) is 9.97 Å². The maximum Gasteiger partial charge on any atom is 0.150 e. The summed E-state index contributed by atoms with van der Waals surface area (Å²) in [6, 6.07) is 18.7. The molecule has 130 valence electrons.